The van der Waals surface area contributed by atoms with Gasteiger partial charge in [-0.1, -0.05) is 13.0 Å². The molecule has 0 fully saturated rings. The summed E-state index contributed by atoms with van der Waals surface area (Å²) in [6.45, 7) is 5.87. The number of hydrogen-bond acceptors (Lipinski definition) is 5. The van der Waals surface area contributed by atoms with Crippen molar-refractivity contribution in [2.45, 2.75) is 33.2 Å². The Kier molecular flexibility index (Phi) is 4.39. The number of nitrogens with zero attached hydrogens (tertiary/aromatic N) is 4. The van der Waals surface area contributed by atoms with E-state index in [4.69, 9.17) is 4.74 Å². The number of benzene rings is 1. The van der Waals surface area contributed by atoms with Gasteiger partial charge in [-0.15, -0.1) is 0 Å². The summed E-state index contributed by atoms with van der Waals surface area (Å²) in [6.07, 6.45) is 3.31. The maximum absolute atomic E-state index is 12.8. The molecular formula is C18H20N4O3. The molecule has 2 aromatic heterocycles. The molecule has 0 spiro atoms. The van der Waals surface area contributed by atoms with Crippen LogP contribution in [0.15, 0.2) is 35.5 Å². The normalized spacial score (nSPS) is 12.3. The molecule has 0 radical (unpaired) electrons. The summed E-state index contributed by atoms with van der Waals surface area (Å²) < 4.78 is 7.71. The molecule has 1 atom stereocenters. The monoisotopic (exact) mass is 340 g/mol. The summed E-state index contributed by atoms with van der Waals surface area (Å²) in [5.74, 6) is -0.465. The van der Waals surface area contributed by atoms with E-state index < -0.39 is 12.0 Å². The second kappa shape index (κ2) is 6.51. The summed E-state index contributed by atoms with van der Waals surface area (Å²) in [4.78, 5) is 29.0. The molecule has 0 N–H and O–H groups in total. The van der Waals surface area contributed by atoms with Crippen LogP contribution in [0.2, 0.25) is 0 Å². The number of fused-ring (bicyclic) bond motifs is 1. The predicted molar refractivity (Wildman–Crippen MR) is 93.9 cm³/mol. The van der Waals surface area contributed by atoms with Crippen LogP contribution in [0.25, 0.3) is 16.7 Å². The van der Waals surface area contributed by atoms with Gasteiger partial charge in [-0.3, -0.25) is 9.36 Å². The molecule has 7 heteroatoms. The van der Waals surface area contributed by atoms with E-state index in [1.54, 1.807) is 4.68 Å². The van der Waals surface area contributed by atoms with Crippen LogP contribution in [0, 0.1) is 13.8 Å². The van der Waals surface area contributed by atoms with Gasteiger partial charge in [0.1, 0.15) is 17.8 Å². The van der Waals surface area contributed by atoms with Gasteiger partial charge in [0, 0.05) is 0 Å². The molecule has 0 bridgehead atoms. The number of rotatable bonds is 4. The second-order valence-corrected chi connectivity index (χ2v) is 5.97. The number of carbonyl (C=O) groups excluding carboxylic acids is 1. The third kappa shape index (κ3) is 2.82. The first-order chi connectivity index (χ1) is 12.0. The first-order valence-electron chi connectivity index (χ1n) is 8.08. The van der Waals surface area contributed by atoms with Crippen molar-refractivity contribution in [3.63, 3.8) is 0 Å². The molecule has 2 heterocycles. The minimum Gasteiger partial charge on any atom is -0.467 e. The Morgan fingerprint density at radius 1 is 1.28 bits per heavy atom. The maximum atomic E-state index is 12.8. The van der Waals surface area contributed by atoms with Crippen LogP contribution >= 0.6 is 0 Å². The highest BCUT2D eigenvalue weighted by atomic mass is 16.5. The van der Waals surface area contributed by atoms with E-state index in [0.717, 1.165) is 11.3 Å². The summed E-state index contributed by atoms with van der Waals surface area (Å²) in [5.41, 5.74) is 3.30. The second-order valence-electron chi connectivity index (χ2n) is 5.97. The van der Waals surface area contributed by atoms with Crippen molar-refractivity contribution < 1.29 is 9.53 Å². The number of ether oxygens (including phenoxy) is 1. The average Bonchev–Trinajstić information content (AvgIpc) is 3.04. The first kappa shape index (κ1) is 16.9. The van der Waals surface area contributed by atoms with Gasteiger partial charge in [0.05, 0.1) is 19.0 Å². The van der Waals surface area contributed by atoms with Crippen LogP contribution in [0.5, 0.6) is 0 Å². The lowest BCUT2D eigenvalue weighted by molar-refractivity contribution is -0.144. The van der Waals surface area contributed by atoms with Crippen molar-refractivity contribution >= 4 is 17.0 Å². The lowest BCUT2D eigenvalue weighted by atomic mass is 10.1. The fourth-order valence-electron chi connectivity index (χ4n) is 2.81. The molecule has 7 nitrogen and oxygen atoms in total. The molecule has 0 aliphatic carbocycles. The van der Waals surface area contributed by atoms with E-state index in [0.29, 0.717) is 17.5 Å². The standard InChI is InChI=1S/C18H20N4O3/c1-5-15(18(24)25-4)21-10-19-16-14(17(21)23)9-20-22(16)13-7-6-11(2)12(3)8-13/h6-10,15H,5H2,1-4H3/t15-/m0/s1. The van der Waals surface area contributed by atoms with Gasteiger partial charge in [0.15, 0.2) is 5.65 Å². The molecule has 0 saturated heterocycles. The SMILES string of the molecule is CC[C@@H](C(=O)OC)n1cnc2c(cnn2-c2ccc(C)c(C)c2)c1=O. The van der Waals surface area contributed by atoms with Crippen LogP contribution in [0.1, 0.15) is 30.5 Å². The fourth-order valence-corrected chi connectivity index (χ4v) is 2.81. The lowest BCUT2D eigenvalue weighted by Crippen LogP contribution is -2.30. The number of aryl methyl sites for hydroxylation is 2. The first-order valence-corrected chi connectivity index (χ1v) is 8.08. The van der Waals surface area contributed by atoms with Gasteiger partial charge in [0.25, 0.3) is 5.56 Å². The van der Waals surface area contributed by atoms with Crippen LogP contribution < -0.4 is 5.56 Å². The molecule has 3 aromatic rings. The van der Waals surface area contributed by atoms with E-state index in [-0.39, 0.29) is 5.56 Å². The smallest absolute Gasteiger partial charge is 0.329 e. The number of hydrogen-bond donors (Lipinski definition) is 0. The largest absolute Gasteiger partial charge is 0.467 e. The van der Waals surface area contributed by atoms with E-state index in [1.807, 2.05) is 39.0 Å². The Labute approximate surface area is 144 Å². The molecule has 0 saturated carbocycles. The van der Waals surface area contributed by atoms with Crippen LogP contribution in [0.3, 0.4) is 0 Å². The maximum Gasteiger partial charge on any atom is 0.329 e. The Hall–Kier alpha value is -2.96. The number of aromatic nitrogens is 4. The molecule has 3 rings (SSSR count). The number of esters is 1. The highest BCUT2D eigenvalue weighted by Crippen LogP contribution is 2.18. The van der Waals surface area contributed by atoms with Gasteiger partial charge in [0.2, 0.25) is 0 Å². The molecule has 0 aliphatic rings. The van der Waals surface area contributed by atoms with E-state index in [2.05, 4.69) is 10.1 Å². The predicted octanol–water partition coefficient (Wildman–Crippen LogP) is 2.32. The Morgan fingerprint density at radius 2 is 2.04 bits per heavy atom. The number of methoxy groups -OCH3 is 1. The topological polar surface area (TPSA) is 79.0 Å². The molecule has 0 unspecified atom stereocenters. The molecule has 130 valence electrons. The van der Waals surface area contributed by atoms with Gasteiger partial charge in [-0.05, 0) is 43.5 Å². The lowest BCUT2D eigenvalue weighted by Gasteiger charge is -2.15. The van der Waals surface area contributed by atoms with Gasteiger partial charge in [-0.25, -0.2) is 14.5 Å². The minimum atomic E-state index is -0.695. The van der Waals surface area contributed by atoms with Crippen LogP contribution in [-0.2, 0) is 9.53 Å². The zero-order valence-electron chi connectivity index (χ0n) is 14.7. The van der Waals surface area contributed by atoms with E-state index in [1.165, 1.54) is 29.8 Å². The summed E-state index contributed by atoms with van der Waals surface area (Å²) in [7, 11) is 1.31. The third-order valence-corrected chi connectivity index (χ3v) is 4.44. The minimum absolute atomic E-state index is 0.308. The quantitative estimate of drug-likeness (QED) is 0.681. The van der Waals surface area contributed by atoms with Crippen molar-refractivity contribution in [3.8, 4) is 5.69 Å². The summed E-state index contributed by atoms with van der Waals surface area (Å²) in [6, 6.07) is 5.24. The van der Waals surface area contributed by atoms with Crippen molar-refractivity contribution in [2.75, 3.05) is 7.11 Å². The van der Waals surface area contributed by atoms with Crippen molar-refractivity contribution in [1.82, 2.24) is 19.3 Å². The number of carbonyl (C=O) groups is 1. The van der Waals surface area contributed by atoms with Crippen molar-refractivity contribution in [2.24, 2.45) is 0 Å². The van der Waals surface area contributed by atoms with Gasteiger partial charge < -0.3 is 4.74 Å². The van der Waals surface area contributed by atoms with E-state index in [9.17, 15) is 9.59 Å². The Balaban J connectivity index is 2.15. The van der Waals surface area contributed by atoms with E-state index >= 15 is 0 Å². The van der Waals surface area contributed by atoms with Crippen LogP contribution in [0.4, 0.5) is 0 Å². The highest BCUT2D eigenvalue weighted by molar-refractivity contribution is 5.77. The van der Waals surface area contributed by atoms with Crippen molar-refractivity contribution in [1.29, 1.82) is 0 Å². The van der Waals surface area contributed by atoms with Crippen LogP contribution in [-0.4, -0.2) is 32.4 Å². The zero-order chi connectivity index (χ0) is 18.1. The van der Waals surface area contributed by atoms with Gasteiger partial charge in [-0.2, -0.15) is 5.10 Å². The molecule has 1 aromatic carbocycles. The fraction of sp³-hybridized carbons (Fsp3) is 0.333. The van der Waals surface area contributed by atoms with Gasteiger partial charge >= 0.3 is 5.97 Å². The molecule has 0 aliphatic heterocycles. The molecular weight excluding hydrogens is 320 g/mol. The third-order valence-electron chi connectivity index (χ3n) is 4.44. The molecule has 0 amide bonds. The Morgan fingerprint density at radius 3 is 2.68 bits per heavy atom. The average molecular weight is 340 g/mol. The zero-order valence-corrected chi connectivity index (χ0v) is 14.7. The highest BCUT2D eigenvalue weighted by Gasteiger charge is 2.22. The Bertz CT molecular complexity index is 1000. The summed E-state index contributed by atoms with van der Waals surface area (Å²) in [5, 5.41) is 4.68. The molecule has 25 heavy (non-hydrogen) atoms. The summed E-state index contributed by atoms with van der Waals surface area (Å²) >= 11 is 0. The van der Waals surface area contributed by atoms with Crippen molar-refractivity contribution in [3.05, 3.63) is 52.2 Å².